The van der Waals surface area contributed by atoms with Crippen LogP contribution in [0.25, 0.3) is 0 Å². The van der Waals surface area contributed by atoms with E-state index in [4.69, 9.17) is 23.2 Å². The molecule has 0 aliphatic carbocycles. The molecule has 17 heavy (non-hydrogen) atoms. The van der Waals surface area contributed by atoms with Gasteiger partial charge < -0.3 is 5.32 Å². The first-order valence-corrected chi connectivity index (χ1v) is 6.92. The molecule has 0 bridgehead atoms. The van der Waals surface area contributed by atoms with Crippen molar-refractivity contribution < 1.29 is 0 Å². The molecule has 0 fully saturated rings. The van der Waals surface area contributed by atoms with Crippen molar-refractivity contribution in [1.29, 1.82) is 0 Å². The van der Waals surface area contributed by atoms with Crippen LogP contribution in [-0.2, 0) is 6.42 Å². The maximum atomic E-state index is 6.14. The number of rotatable bonds is 6. The Kier molecular flexibility index (Phi) is 6.32. The highest BCUT2D eigenvalue weighted by Gasteiger charge is 2.06. The molecule has 0 aliphatic heterocycles. The number of nitrogens with one attached hydrogen (secondary N) is 1. The molecule has 0 amide bonds. The molecule has 0 aliphatic rings. The standard InChI is InChI=1S/C14H21Cl2N/c1-10(2)17-9-11(3)4-5-12-6-7-13(15)8-14(12)16/h6-8,10-11,17H,4-5,9H2,1-3H3. The lowest BCUT2D eigenvalue weighted by Crippen LogP contribution is -2.28. The maximum absolute atomic E-state index is 6.14. The monoisotopic (exact) mass is 273 g/mol. The van der Waals surface area contributed by atoms with Gasteiger partial charge in [0, 0.05) is 16.1 Å². The third kappa shape index (κ3) is 5.76. The van der Waals surface area contributed by atoms with Crippen LogP contribution < -0.4 is 5.32 Å². The van der Waals surface area contributed by atoms with E-state index in [2.05, 4.69) is 26.1 Å². The number of halogens is 2. The fourth-order valence-corrected chi connectivity index (χ4v) is 2.17. The third-order valence-electron chi connectivity index (χ3n) is 2.80. The Labute approximate surface area is 115 Å². The van der Waals surface area contributed by atoms with Crippen molar-refractivity contribution in [3.63, 3.8) is 0 Å². The summed E-state index contributed by atoms with van der Waals surface area (Å²) in [6, 6.07) is 6.29. The highest BCUT2D eigenvalue weighted by atomic mass is 35.5. The quantitative estimate of drug-likeness (QED) is 0.801. The van der Waals surface area contributed by atoms with Gasteiger partial charge in [-0.1, -0.05) is 50.0 Å². The van der Waals surface area contributed by atoms with Crippen molar-refractivity contribution in [1.82, 2.24) is 5.32 Å². The highest BCUT2D eigenvalue weighted by Crippen LogP contribution is 2.23. The zero-order valence-electron chi connectivity index (χ0n) is 10.8. The Morgan fingerprint density at radius 1 is 1.18 bits per heavy atom. The molecule has 1 atom stereocenters. The number of benzene rings is 1. The Morgan fingerprint density at radius 2 is 1.88 bits per heavy atom. The summed E-state index contributed by atoms with van der Waals surface area (Å²) in [6.45, 7) is 7.66. The SMILES string of the molecule is CC(CCc1ccc(Cl)cc1Cl)CNC(C)C. The Balaban J connectivity index is 2.39. The largest absolute Gasteiger partial charge is 0.314 e. The molecule has 1 aromatic carbocycles. The molecule has 0 spiro atoms. The van der Waals surface area contributed by atoms with Crippen LogP contribution in [-0.4, -0.2) is 12.6 Å². The lowest BCUT2D eigenvalue weighted by molar-refractivity contribution is 0.454. The smallest absolute Gasteiger partial charge is 0.0452 e. The van der Waals surface area contributed by atoms with Gasteiger partial charge in [-0.3, -0.25) is 0 Å². The van der Waals surface area contributed by atoms with Gasteiger partial charge in [-0.25, -0.2) is 0 Å². The fraction of sp³-hybridized carbons (Fsp3) is 0.571. The normalized spacial score (nSPS) is 13.1. The Morgan fingerprint density at radius 3 is 2.47 bits per heavy atom. The van der Waals surface area contributed by atoms with Crippen LogP contribution >= 0.6 is 23.2 Å². The van der Waals surface area contributed by atoms with Crippen molar-refractivity contribution in [3.05, 3.63) is 33.8 Å². The summed E-state index contributed by atoms with van der Waals surface area (Å²) in [5.41, 5.74) is 1.19. The van der Waals surface area contributed by atoms with Crippen molar-refractivity contribution >= 4 is 23.2 Å². The first-order valence-electron chi connectivity index (χ1n) is 6.16. The van der Waals surface area contributed by atoms with Gasteiger partial charge in [0.1, 0.15) is 0 Å². The summed E-state index contributed by atoms with van der Waals surface area (Å²) in [6.07, 6.45) is 2.15. The predicted octanol–water partition coefficient (Wildman–Crippen LogP) is 4.56. The van der Waals surface area contributed by atoms with Crippen molar-refractivity contribution in [2.24, 2.45) is 5.92 Å². The second-order valence-corrected chi connectivity index (χ2v) is 5.79. The first kappa shape index (κ1) is 14.8. The minimum absolute atomic E-state index is 0.552. The summed E-state index contributed by atoms with van der Waals surface area (Å²) in [4.78, 5) is 0. The lowest BCUT2D eigenvalue weighted by atomic mass is 10.0. The van der Waals surface area contributed by atoms with E-state index in [1.54, 1.807) is 0 Å². The molecule has 1 aromatic rings. The third-order valence-corrected chi connectivity index (χ3v) is 3.38. The van der Waals surface area contributed by atoms with E-state index in [1.165, 1.54) is 5.56 Å². The molecular formula is C14H21Cl2N. The van der Waals surface area contributed by atoms with E-state index >= 15 is 0 Å². The zero-order chi connectivity index (χ0) is 12.8. The summed E-state index contributed by atoms with van der Waals surface area (Å²) < 4.78 is 0. The number of hydrogen-bond acceptors (Lipinski definition) is 1. The van der Waals surface area contributed by atoms with Gasteiger partial charge in [-0.2, -0.15) is 0 Å². The van der Waals surface area contributed by atoms with Gasteiger partial charge in [0.25, 0.3) is 0 Å². The average Bonchev–Trinajstić information content (AvgIpc) is 2.25. The summed E-state index contributed by atoms with van der Waals surface area (Å²) in [7, 11) is 0. The van der Waals surface area contributed by atoms with E-state index in [1.807, 2.05) is 18.2 Å². The highest BCUT2D eigenvalue weighted by molar-refractivity contribution is 6.35. The molecule has 3 heteroatoms. The molecule has 1 unspecified atom stereocenters. The van der Waals surface area contributed by atoms with Gasteiger partial charge in [0.2, 0.25) is 0 Å². The topological polar surface area (TPSA) is 12.0 Å². The summed E-state index contributed by atoms with van der Waals surface area (Å²) >= 11 is 12.0. The van der Waals surface area contributed by atoms with Crippen molar-refractivity contribution in [2.45, 2.75) is 39.7 Å². The van der Waals surface area contributed by atoms with Crippen LogP contribution in [0.4, 0.5) is 0 Å². The molecule has 1 nitrogen and oxygen atoms in total. The molecule has 1 rings (SSSR count). The average molecular weight is 274 g/mol. The molecule has 0 saturated carbocycles. The second-order valence-electron chi connectivity index (χ2n) is 4.94. The minimum atomic E-state index is 0.552. The van der Waals surface area contributed by atoms with E-state index in [0.717, 1.165) is 24.4 Å². The second kappa shape index (κ2) is 7.25. The predicted molar refractivity (Wildman–Crippen MR) is 77.1 cm³/mol. The Hall–Kier alpha value is -0.240. The fourth-order valence-electron chi connectivity index (χ4n) is 1.67. The molecule has 1 N–H and O–H groups in total. The number of hydrogen-bond donors (Lipinski definition) is 1. The van der Waals surface area contributed by atoms with Crippen LogP contribution in [0.2, 0.25) is 10.0 Å². The van der Waals surface area contributed by atoms with Crippen LogP contribution in [0, 0.1) is 5.92 Å². The van der Waals surface area contributed by atoms with Crippen LogP contribution in [0.3, 0.4) is 0 Å². The van der Waals surface area contributed by atoms with Crippen molar-refractivity contribution in [2.75, 3.05) is 6.54 Å². The van der Waals surface area contributed by atoms with Crippen molar-refractivity contribution in [3.8, 4) is 0 Å². The van der Waals surface area contributed by atoms with Gasteiger partial charge >= 0.3 is 0 Å². The van der Waals surface area contributed by atoms with Gasteiger partial charge in [0.15, 0.2) is 0 Å². The molecular weight excluding hydrogens is 253 g/mol. The maximum Gasteiger partial charge on any atom is 0.0452 e. The van der Waals surface area contributed by atoms with Crippen LogP contribution in [0.5, 0.6) is 0 Å². The molecule has 96 valence electrons. The summed E-state index contributed by atoms with van der Waals surface area (Å²) in [5, 5.41) is 4.93. The lowest BCUT2D eigenvalue weighted by Gasteiger charge is -2.15. The molecule has 0 saturated heterocycles. The van der Waals surface area contributed by atoms with Crippen LogP contribution in [0.15, 0.2) is 18.2 Å². The van der Waals surface area contributed by atoms with Gasteiger partial charge in [-0.15, -0.1) is 0 Å². The van der Waals surface area contributed by atoms with E-state index in [0.29, 0.717) is 17.0 Å². The zero-order valence-corrected chi connectivity index (χ0v) is 12.3. The Bertz CT molecular complexity index is 350. The molecule has 0 aromatic heterocycles. The number of aryl methyl sites for hydroxylation is 1. The first-order chi connectivity index (χ1) is 7.99. The van der Waals surface area contributed by atoms with E-state index in [9.17, 15) is 0 Å². The van der Waals surface area contributed by atoms with Gasteiger partial charge in [0.05, 0.1) is 0 Å². The summed E-state index contributed by atoms with van der Waals surface area (Å²) in [5.74, 6) is 0.657. The van der Waals surface area contributed by atoms with Crippen LogP contribution in [0.1, 0.15) is 32.8 Å². The molecule has 0 radical (unpaired) electrons. The van der Waals surface area contributed by atoms with Gasteiger partial charge in [-0.05, 0) is 43.0 Å². The molecule has 0 heterocycles. The minimum Gasteiger partial charge on any atom is -0.314 e. The van der Waals surface area contributed by atoms with E-state index in [-0.39, 0.29) is 0 Å². The van der Waals surface area contributed by atoms with E-state index < -0.39 is 0 Å².